The molecule has 4 nitrogen and oxygen atoms in total. The molecule has 0 radical (unpaired) electrons. The third-order valence-corrected chi connectivity index (χ3v) is 3.31. The number of aliphatic carboxylic acids is 1. The Morgan fingerprint density at radius 3 is 2.19 bits per heavy atom. The number of amides is 1. The van der Waals surface area contributed by atoms with Crippen LogP contribution in [0, 0.1) is 11.3 Å². The summed E-state index contributed by atoms with van der Waals surface area (Å²) in [7, 11) is 0. The minimum absolute atomic E-state index is 0.290. The largest absolute Gasteiger partial charge is 0.481 e. The summed E-state index contributed by atoms with van der Waals surface area (Å²) in [5.41, 5.74) is -0.571. The molecule has 0 bridgehead atoms. The van der Waals surface area contributed by atoms with Gasteiger partial charge in [0, 0.05) is 11.8 Å². The van der Waals surface area contributed by atoms with Gasteiger partial charge in [-0.05, 0) is 11.7 Å². The van der Waals surface area contributed by atoms with Gasteiger partial charge in [-0.15, -0.1) is 0 Å². The molecule has 1 amide bonds. The van der Waals surface area contributed by atoms with Gasteiger partial charge in [0.25, 0.3) is 0 Å². The van der Waals surface area contributed by atoms with E-state index >= 15 is 0 Å². The number of carboxylic acid groups (broad SMARTS) is 1. The number of rotatable bonds is 5. The second-order valence-electron chi connectivity index (χ2n) is 4.93. The Bertz CT molecular complexity index is 260. The van der Waals surface area contributed by atoms with Crippen LogP contribution in [0.15, 0.2) is 0 Å². The fourth-order valence-corrected chi connectivity index (χ4v) is 1.56. The van der Waals surface area contributed by atoms with Crippen molar-refractivity contribution in [1.29, 1.82) is 0 Å². The second kappa shape index (κ2) is 6.13. The zero-order valence-corrected chi connectivity index (χ0v) is 11.4. The Hall–Kier alpha value is -0.710. The average molecular weight is 247 g/mol. The molecule has 0 aromatic carbocycles. The first kappa shape index (κ1) is 15.3. The molecule has 0 saturated heterocycles. The maximum Gasteiger partial charge on any atom is 0.316 e. The van der Waals surface area contributed by atoms with Gasteiger partial charge >= 0.3 is 5.97 Å². The highest BCUT2D eigenvalue weighted by molar-refractivity contribution is 7.99. The van der Waals surface area contributed by atoms with Crippen molar-refractivity contribution in [3.8, 4) is 0 Å². The first-order valence-electron chi connectivity index (χ1n) is 5.23. The van der Waals surface area contributed by atoms with Gasteiger partial charge in [0.1, 0.15) is 5.92 Å². The summed E-state index contributed by atoms with van der Waals surface area (Å²) in [6.07, 6.45) is 1.95. The lowest BCUT2D eigenvalue weighted by atomic mass is 9.80. The molecule has 0 aliphatic carbocycles. The maximum absolute atomic E-state index is 11.8. The fraction of sp³-hybridized carbons (Fsp3) is 0.818. The standard InChI is InChI=1S/C11H21NO3S/c1-7(16-5)6-12-9(13)8(10(14)15)11(2,3)4/h7-8H,6H2,1-5H3,(H,12,13)(H,14,15). The summed E-state index contributed by atoms with van der Waals surface area (Å²) in [4.78, 5) is 22.8. The number of hydrogen-bond donors (Lipinski definition) is 2. The van der Waals surface area contributed by atoms with Crippen LogP contribution in [-0.4, -0.2) is 35.0 Å². The number of nitrogens with one attached hydrogen (secondary N) is 1. The van der Waals surface area contributed by atoms with E-state index in [2.05, 4.69) is 5.32 Å². The van der Waals surface area contributed by atoms with E-state index < -0.39 is 23.2 Å². The van der Waals surface area contributed by atoms with Crippen molar-refractivity contribution >= 4 is 23.6 Å². The average Bonchev–Trinajstić information content (AvgIpc) is 2.11. The van der Waals surface area contributed by atoms with E-state index in [4.69, 9.17) is 5.11 Å². The third-order valence-electron chi connectivity index (χ3n) is 2.34. The number of hydrogen-bond acceptors (Lipinski definition) is 3. The molecule has 5 heteroatoms. The van der Waals surface area contributed by atoms with Crippen molar-refractivity contribution in [2.45, 2.75) is 32.9 Å². The Kier molecular flexibility index (Phi) is 5.86. The zero-order valence-electron chi connectivity index (χ0n) is 10.5. The van der Waals surface area contributed by atoms with Crippen LogP contribution in [0.1, 0.15) is 27.7 Å². The van der Waals surface area contributed by atoms with E-state index in [-0.39, 0.29) is 0 Å². The summed E-state index contributed by atoms with van der Waals surface area (Å²) in [5.74, 6) is -2.47. The lowest BCUT2D eigenvalue weighted by Crippen LogP contribution is -2.44. The summed E-state index contributed by atoms with van der Waals surface area (Å²) < 4.78 is 0. The quantitative estimate of drug-likeness (QED) is 0.724. The highest BCUT2D eigenvalue weighted by Crippen LogP contribution is 2.26. The maximum atomic E-state index is 11.8. The molecule has 0 aliphatic rings. The first-order valence-corrected chi connectivity index (χ1v) is 6.52. The smallest absolute Gasteiger partial charge is 0.316 e. The molecule has 0 aliphatic heterocycles. The van der Waals surface area contributed by atoms with Gasteiger partial charge in [0.2, 0.25) is 5.91 Å². The van der Waals surface area contributed by atoms with Crippen molar-refractivity contribution in [3.63, 3.8) is 0 Å². The topological polar surface area (TPSA) is 66.4 Å². The zero-order chi connectivity index (χ0) is 12.9. The molecule has 0 aromatic heterocycles. The molecular weight excluding hydrogens is 226 g/mol. The predicted octanol–water partition coefficient (Wildman–Crippen LogP) is 1.60. The van der Waals surface area contributed by atoms with Gasteiger partial charge in [-0.25, -0.2) is 0 Å². The second-order valence-corrected chi connectivity index (χ2v) is 6.20. The molecule has 0 heterocycles. The normalized spacial score (nSPS) is 15.3. The highest BCUT2D eigenvalue weighted by atomic mass is 32.2. The minimum atomic E-state index is -1.07. The van der Waals surface area contributed by atoms with Crippen LogP contribution in [0.2, 0.25) is 0 Å². The first-order chi connectivity index (χ1) is 7.20. The van der Waals surface area contributed by atoms with E-state index in [0.29, 0.717) is 11.8 Å². The number of carbonyl (C=O) groups excluding carboxylic acids is 1. The van der Waals surface area contributed by atoms with Crippen LogP contribution < -0.4 is 5.32 Å². The Balaban J connectivity index is 4.48. The van der Waals surface area contributed by atoms with Crippen molar-refractivity contribution in [1.82, 2.24) is 5.32 Å². The van der Waals surface area contributed by atoms with Gasteiger partial charge < -0.3 is 10.4 Å². The number of carbonyl (C=O) groups is 2. The van der Waals surface area contributed by atoms with E-state index in [1.165, 1.54) is 0 Å². The number of carboxylic acids is 1. The SMILES string of the molecule is CSC(C)CNC(=O)C(C(=O)O)C(C)(C)C. The molecule has 0 fully saturated rings. The predicted molar refractivity (Wildman–Crippen MR) is 66.6 cm³/mol. The van der Waals surface area contributed by atoms with Gasteiger partial charge in [-0.2, -0.15) is 11.8 Å². The van der Waals surface area contributed by atoms with Crippen molar-refractivity contribution in [2.75, 3.05) is 12.8 Å². The number of thioether (sulfide) groups is 1. The molecule has 0 aromatic rings. The molecule has 0 rings (SSSR count). The van der Waals surface area contributed by atoms with Crippen molar-refractivity contribution in [2.24, 2.45) is 11.3 Å². The summed E-state index contributed by atoms with van der Waals surface area (Å²) >= 11 is 1.63. The third kappa shape index (κ3) is 4.88. The van der Waals surface area contributed by atoms with Crippen molar-refractivity contribution < 1.29 is 14.7 Å². The molecule has 94 valence electrons. The van der Waals surface area contributed by atoms with Crippen LogP contribution in [0.25, 0.3) is 0 Å². The van der Waals surface area contributed by atoms with E-state index in [9.17, 15) is 9.59 Å². The minimum Gasteiger partial charge on any atom is -0.481 e. The monoisotopic (exact) mass is 247 g/mol. The van der Waals surface area contributed by atoms with Crippen LogP contribution in [0.4, 0.5) is 0 Å². The Morgan fingerprint density at radius 2 is 1.88 bits per heavy atom. The lowest BCUT2D eigenvalue weighted by molar-refractivity contribution is -0.151. The van der Waals surface area contributed by atoms with Gasteiger partial charge in [-0.1, -0.05) is 27.7 Å². The van der Waals surface area contributed by atoms with Crippen molar-refractivity contribution in [3.05, 3.63) is 0 Å². The van der Waals surface area contributed by atoms with Crippen LogP contribution in [0.3, 0.4) is 0 Å². The summed E-state index contributed by atoms with van der Waals surface area (Å²) in [6, 6.07) is 0. The molecule has 16 heavy (non-hydrogen) atoms. The molecular formula is C11H21NO3S. The summed E-state index contributed by atoms with van der Waals surface area (Å²) in [5, 5.41) is 12.0. The van der Waals surface area contributed by atoms with E-state index in [1.54, 1.807) is 32.5 Å². The molecule has 2 atom stereocenters. The van der Waals surface area contributed by atoms with Gasteiger partial charge in [0.15, 0.2) is 0 Å². The fourth-order valence-electron chi connectivity index (χ4n) is 1.31. The van der Waals surface area contributed by atoms with E-state index in [1.807, 2.05) is 13.2 Å². The van der Waals surface area contributed by atoms with Crippen LogP contribution in [0.5, 0.6) is 0 Å². The molecule has 0 saturated carbocycles. The molecule has 2 N–H and O–H groups in total. The molecule has 0 spiro atoms. The Morgan fingerprint density at radius 1 is 1.38 bits per heavy atom. The van der Waals surface area contributed by atoms with Crippen LogP contribution in [-0.2, 0) is 9.59 Å². The van der Waals surface area contributed by atoms with Gasteiger partial charge in [0.05, 0.1) is 0 Å². The highest BCUT2D eigenvalue weighted by Gasteiger charge is 2.37. The van der Waals surface area contributed by atoms with Gasteiger partial charge in [-0.3, -0.25) is 9.59 Å². The van der Waals surface area contributed by atoms with E-state index in [0.717, 1.165) is 0 Å². The Labute approximate surface area is 101 Å². The van der Waals surface area contributed by atoms with Crippen LogP contribution >= 0.6 is 11.8 Å². The summed E-state index contributed by atoms with van der Waals surface area (Å²) in [6.45, 7) is 7.74. The lowest BCUT2D eigenvalue weighted by Gasteiger charge is -2.26. The molecule has 2 unspecified atom stereocenters.